The van der Waals surface area contributed by atoms with E-state index in [0.717, 1.165) is 44.3 Å². The Labute approximate surface area is 145 Å². The molecule has 0 spiro atoms. The lowest BCUT2D eigenvalue weighted by Crippen LogP contribution is -2.38. The number of benzene rings is 1. The Morgan fingerprint density at radius 1 is 1.21 bits per heavy atom. The predicted octanol–water partition coefficient (Wildman–Crippen LogP) is 2.99. The minimum absolute atomic E-state index is 0.855. The van der Waals surface area contributed by atoms with Gasteiger partial charge < -0.3 is 14.8 Å². The summed E-state index contributed by atoms with van der Waals surface area (Å²) in [5, 5.41) is 3.45. The van der Waals surface area contributed by atoms with Gasteiger partial charge in [-0.1, -0.05) is 29.8 Å². The van der Waals surface area contributed by atoms with Crippen molar-refractivity contribution in [2.45, 2.75) is 39.8 Å². The smallest absolute Gasteiger partial charge is 0.193 e. The first kappa shape index (κ1) is 18.0. The lowest BCUT2D eigenvalue weighted by molar-refractivity contribution is 0.473. The van der Waals surface area contributed by atoms with Crippen molar-refractivity contribution in [2.24, 2.45) is 4.99 Å². The largest absolute Gasteiger partial charge is 0.356 e. The van der Waals surface area contributed by atoms with Gasteiger partial charge in [0.15, 0.2) is 5.96 Å². The number of aryl methyl sites for hydroxylation is 3. The molecule has 130 valence electrons. The summed E-state index contributed by atoms with van der Waals surface area (Å²) in [6, 6.07) is 8.65. The first-order valence-electron chi connectivity index (χ1n) is 8.55. The summed E-state index contributed by atoms with van der Waals surface area (Å²) in [6.45, 7) is 6.96. The molecular weight excluding hydrogens is 298 g/mol. The standard InChI is InChI=1S/C19H29N5/c1-16-7-9-18(10-8-16)15-23(4)19(20-3)22-11-5-6-13-24-14-12-21-17(24)2/h7-10,12,14H,5-6,11,13,15H2,1-4H3,(H,20,22). The molecule has 0 saturated heterocycles. The molecule has 24 heavy (non-hydrogen) atoms. The molecule has 0 saturated carbocycles. The highest BCUT2D eigenvalue weighted by molar-refractivity contribution is 5.79. The zero-order valence-electron chi connectivity index (χ0n) is 15.3. The summed E-state index contributed by atoms with van der Waals surface area (Å²) in [4.78, 5) is 10.8. The van der Waals surface area contributed by atoms with E-state index < -0.39 is 0 Å². The van der Waals surface area contributed by atoms with Crippen LogP contribution in [0.4, 0.5) is 0 Å². The molecule has 0 unspecified atom stereocenters. The van der Waals surface area contributed by atoms with E-state index in [0.29, 0.717) is 0 Å². The first-order chi connectivity index (χ1) is 11.6. The molecule has 0 aliphatic rings. The molecule has 0 amide bonds. The molecule has 5 heteroatoms. The van der Waals surface area contributed by atoms with Crippen LogP contribution in [0, 0.1) is 13.8 Å². The van der Waals surface area contributed by atoms with Crippen molar-refractivity contribution in [2.75, 3.05) is 20.6 Å². The monoisotopic (exact) mass is 327 g/mol. The second kappa shape index (κ2) is 9.11. The van der Waals surface area contributed by atoms with Crippen LogP contribution in [0.2, 0.25) is 0 Å². The van der Waals surface area contributed by atoms with Crippen molar-refractivity contribution in [3.8, 4) is 0 Å². The minimum Gasteiger partial charge on any atom is -0.356 e. The zero-order valence-corrected chi connectivity index (χ0v) is 15.3. The van der Waals surface area contributed by atoms with Crippen LogP contribution in [0.15, 0.2) is 41.7 Å². The predicted molar refractivity (Wildman–Crippen MR) is 100 cm³/mol. The third-order valence-corrected chi connectivity index (χ3v) is 4.15. The molecule has 0 aliphatic carbocycles. The lowest BCUT2D eigenvalue weighted by Gasteiger charge is -2.22. The number of nitrogens with zero attached hydrogens (tertiary/aromatic N) is 4. The second-order valence-electron chi connectivity index (χ2n) is 6.19. The molecule has 1 N–H and O–H groups in total. The molecule has 2 aromatic rings. The van der Waals surface area contributed by atoms with Crippen LogP contribution in [0.3, 0.4) is 0 Å². The number of unbranched alkanes of at least 4 members (excludes halogenated alkanes) is 1. The fourth-order valence-electron chi connectivity index (χ4n) is 2.67. The lowest BCUT2D eigenvalue weighted by atomic mass is 10.1. The van der Waals surface area contributed by atoms with Gasteiger partial charge >= 0.3 is 0 Å². The van der Waals surface area contributed by atoms with Gasteiger partial charge in [0.2, 0.25) is 0 Å². The molecule has 1 heterocycles. The van der Waals surface area contributed by atoms with Gasteiger partial charge in [-0.25, -0.2) is 4.98 Å². The molecule has 0 bridgehead atoms. The molecule has 0 aliphatic heterocycles. The van der Waals surface area contributed by atoms with Crippen LogP contribution in [-0.2, 0) is 13.1 Å². The van der Waals surface area contributed by atoms with Crippen LogP contribution >= 0.6 is 0 Å². The summed E-state index contributed by atoms with van der Waals surface area (Å²) in [6.07, 6.45) is 6.13. The van der Waals surface area contributed by atoms with E-state index in [-0.39, 0.29) is 0 Å². The van der Waals surface area contributed by atoms with Gasteiger partial charge in [0, 0.05) is 46.1 Å². The van der Waals surface area contributed by atoms with Gasteiger partial charge in [-0.3, -0.25) is 4.99 Å². The van der Waals surface area contributed by atoms with Crippen molar-refractivity contribution < 1.29 is 0 Å². The summed E-state index contributed by atoms with van der Waals surface area (Å²) in [5.41, 5.74) is 2.58. The molecule has 5 nitrogen and oxygen atoms in total. The summed E-state index contributed by atoms with van der Waals surface area (Å²) in [5.74, 6) is 2.02. The van der Waals surface area contributed by atoms with Gasteiger partial charge in [0.25, 0.3) is 0 Å². The van der Waals surface area contributed by atoms with E-state index in [1.165, 1.54) is 11.1 Å². The maximum Gasteiger partial charge on any atom is 0.193 e. The van der Waals surface area contributed by atoms with E-state index in [1.807, 2.05) is 26.4 Å². The molecule has 1 aromatic carbocycles. The minimum atomic E-state index is 0.855. The Bertz CT molecular complexity index is 642. The van der Waals surface area contributed by atoms with Gasteiger partial charge in [-0.15, -0.1) is 0 Å². The number of rotatable bonds is 7. The van der Waals surface area contributed by atoms with E-state index in [2.05, 4.69) is 63.0 Å². The van der Waals surface area contributed by atoms with Crippen molar-refractivity contribution in [3.63, 3.8) is 0 Å². The van der Waals surface area contributed by atoms with E-state index in [1.54, 1.807) is 0 Å². The summed E-state index contributed by atoms with van der Waals surface area (Å²) < 4.78 is 2.19. The maximum atomic E-state index is 4.38. The number of aromatic nitrogens is 2. The zero-order chi connectivity index (χ0) is 17.4. The number of aliphatic imine (C=N–C) groups is 1. The van der Waals surface area contributed by atoms with Crippen molar-refractivity contribution in [1.29, 1.82) is 0 Å². The molecule has 0 fully saturated rings. The average Bonchev–Trinajstić information content (AvgIpc) is 2.98. The number of guanidine groups is 1. The Morgan fingerprint density at radius 2 is 1.96 bits per heavy atom. The Morgan fingerprint density at radius 3 is 2.58 bits per heavy atom. The fourth-order valence-corrected chi connectivity index (χ4v) is 2.67. The van der Waals surface area contributed by atoms with Crippen molar-refractivity contribution in [3.05, 3.63) is 53.6 Å². The number of hydrogen-bond donors (Lipinski definition) is 1. The molecule has 0 radical (unpaired) electrons. The van der Waals surface area contributed by atoms with Gasteiger partial charge in [0.05, 0.1) is 0 Å². The maximum absolute atomic E-state index is 4.38. The van der Waals surface area contributed by atoms with Gasteiger partial charge in [0.1, 0.15) is 5.82 Å². The molecule has 2 rings (SSSR count). The van der Waals surface area contributed by atoms with Crippen LogP contribution in [0.1, 0.15) is 29.8 Å². The van der Waals surface area contributed by atoms with Gasteiger partial charge in [-0.2, -0.15) is 0 Å². The number of hydrogen-bond acceptors (Lipinski definition) is 2. The van der Waals surface area contributed by atoms with Crippen LogP contribution in [0.5, 0.6) is 0 Å². The van der Waals surface area contributed by atoms with Crippen molar-refractivity contribution >= 4 is 5.96 Å². The highest BCUT2D eigenvalue weighted by Gasteiger charge is 2.06. The molecule has 0 atom stereocenters. The van der Waals surface area contributed by atoms with Crippen LogP contribution < -0.4 is 5.32 Å². The van der Waals surface area contributed by atoms with Crippen molar-refractivity contribution in [1.82, 2.24) is 19.8 Å². The fraction of sp³-hybridized carbons (Fsp3) is 0.474. The highest BCUT2D eigenvalue weighted by Crippen LogP contribution is 2.06. The SMILES string of the molecule is CN=C(NCCCCn1ccnc1C)N(C)Cc1ccc(C)cc1. The first-order valence-corrected chi connectivity index (χ1v) is 8.55. The van der Waals surface area contributed by atoms with Crippen LogP contribution in [-0.4, -0.2) is 41.1 Å². The summed E-state index contributed by atoms with van der Waals surface area (Å²) in [7, 11) is 3.91. The molecule has 1 aromatic heterocycles. The Hall–Kier alpha value is -2.30. The molecular formula is C19H29N5. The average molecular weight is 327 g/mol. The number of nitrogens with one attached hydrogen (secondary N) is 1. The van der Waals surface area contributed by atoms with E-state index >= 15 is 0 Å². The number of imidazole rings is 1. The van der Waals surface area contributed by atoms with Crippen LogP contribution in [0.25, 0.3) is 0 Å². The van der Waals surface area contributed by atoms with Gasteiger partial charge in [-0.05, 0) is 32.3 Å². The topological polar surface area (TPSA) is 45.5 Å². The van der Waals surface area contributed by atoms with E-state index in [9.17, 15) is 0 Å². The Balaban J connectivity index is 1.71. The third-order valence-electron chi connectivity index (χ3n) is 4.15. The Kier molecular flexibility index (Phi) is 6.85. The normalized spacial score (nSPS) is 11.6. The second-order valence-corrected chi connectivity index (χ2v) is 6.19. The summed E-state index contributed by atoms with van der Waals surface area (Å²) >= 11 is 0. The third kappa shape index (κ3) is 5.41. The van der Waals surface area contributed by atoms with E-state index in [4.69, 9.17) is 0 Å². The quantitative estimate of drug-likeness (QED) is 0.483. The highest BCUT2D eigenvalue weighted by atomic mass is 15.3.